The first kappa shape index (κ1) is 12.0. The van der Waals surface area contributed by atoms with Gasteiger partial charge in [-0.15, -0.1) is 0 Å². The van der Waals surface area contributed by atoms with Crippen molar-refractivity contribution >= 4 is 5.91 Å². The maximum Gasteiger partial charge on any atom is 0.276 e. The van der Waals surface area contributed by atoms with Crippen LogP contribution in [0, 0.1) is 0 Å². The molecule has 0 bridgehead atoms. The summed E-state index contributed by atoms with van der Waals surface area (Å²) in [6.45, 7) is 4.50. The highest BCUT2D eigenvalue weighted by Gasteiger charge is 2.36. The van der Waals surface area contributed by atoms with Gasteiger partial charge in [-0.05, 0) is 13.8 Å². The van der Waals surface area contributed by atoms with Crippen molar-refractivity contribution in [2.75, 3.05) is 19.7 Å². The fraction of sp³-hybridized carbons (Fsp3) is 0.700. The number of aromatic nitrogens is 3. The van der Waals surface area contributed by atoms with E-state index < -0.39 is 5.60 Å². The number of ether oxygens (including phenoxy) is 1. The molecule has 2 rings (SSSR count). The van der Waals surface area contributed by atoms with Crippen molar-refractivity contribution in [3.8, 4) is 0 Å². The fourth-order valence-corrected chi connectivity index (χ4v) is 2.01. The Kier molecular flexibility index (Phi) is 3.12. The van der Waals surface area contributed by atoms with Crippen molar-refractivity contribution in [3.63, 3.8) is 0 Å². The lowest BCUT2D eigenvalue weighted by Crippen LogP contribution is -2.55. The van der Waals surface area contributed by atoms with Gasteiger partial charge in [0, 0.05) is 13.1 Å². The van der Waals surface area contributed by atoms with Gasteiger partial charge < -0.3 is 14.7 Å². The van der Waals surface area contributed by atoms with Crippen LogP contribution in [0.25, 0.3) is 0 Å². The summed E-state index contributed by atoms with van der Waals surface area (Å²) in [5.74, 6) is -0.200. The Morgan fingerprint density at radius 3 is 3.12 bits per heavy atom. The number of amides is 1. The minimum atomic E-state index is -0.467. The van der Waals surface area contributed by atoms with Crippen LogP contribution in [0.4, 0.5) is 0 Å². The number of nitrogens with zero attached hydrogens (tertiary/aromatic N) is 3. The number of rotatable bonds is 2. The van der Waals surface area contributed by atoms with E-state index in [9.17, 15) is 4.79 Å². The van der Waals surface area contributed by atoms with Gasteiger partial charge in [0.1, 0.15) is 0 Å². The SMILES string of the molecule is CC1(C)CN(C(=O)c2cn[nH]n2)CC(CO)O1. The van der Waals surface area contributed by atoms with Crippen molar-refractivity contribution in [2.24, 2.45) is 0 Å². The average molecular weight is 240 g/mol. The molecule has 17 heavy (non-hydrogen) atoms. The van der Waals surface area contributed by atoms with Gasteiger partial charge in [-0.25, -0.2) is 0 Å². The Morgan fingerprint density at radius 1 is 1.76 bits per heavy atom. The van der Waals surface area contributed by atoms with E-state index in [1.165, 1.54) is 6.20 Å². The molecule has 0 radical (unpaired) electrons. The molecule has 7 heteroatoms. The Morgan fingerprint density at radius 2 is 2.53 bits per heavy atom. The predicted molar refractivity (Wildman–Crippen MR) is 58.3 cm³/mol. The Hall–Kier alpha value is -1.47. The van der Waals surface area contributed by atoms with Gasteiger partial charge in [-0.3, -0.25) is 4.79 Å². The first-order chi connectivity index (χ1) is 8.02. The first-order valence-corrected chi connectivity index (χ1v) is 5.45. The van der Waals surface area contributed by atoms with E-state index in [1.807, 2.05) is 13.8 Å². The third-order valence-electron chi connectivity index (χ3n) is 2.61. The monoisotopic (exact) mass is 240 g/mol. The number of nitrogens with one attached hydrogen (secondary N) is 1. The number of hydrogen-bond donors (Lipinski definition) is 2. The third kappa shape index (κ3) is 2.62. The van der Waals surface area contributed by atoms with E-state index in [0.717, 1.165) is 0 Å². The summed E-state index contributed by atoms with van der Waals surface area (Å²) in [4.78, 5) is 13.7. The number of aliphatic hydroxyl groups excluding tert-OH is 1. The second kappa shape index (κ2) is 4.42. The Bertz CT molecular complexity index is 390. The molecule has 0 spiro atoms. The molecule has 1 aromatic heterocycles. The molecule has 0 aliphatic carbocycles. The highest BCUT2D eigenvalue weighted by Crippen LogP contribution is 2.21. The van der Waals surface area contributed by atoms with E-state index in [4.69, 9.17) is 9.84 Å². The van der Waals surface area contributed by atoms with Gasteiger partial charge in [0.05, 0.1) is 24.5 Å². The van der Waals surface area contributed by atoms with Crippen molar-refractivity contribution < 1.29 is 14.6 Å². The lowest BCUT2D eigenvalue weighted by molar-refractivity contribution is -0.139. The number of H-pyrrole nitrogens is 1. The summed E-state index contributed by atoms with van der Waals surface area (Å²) in [6, 6.07) is 0. The summed E-state index contributed by atoms with van der Waals surface area (Å²) >= 11 is 0. The molecule has 1 amide bonds. The normalized spacial score (nSPS) is 23.7. The summed E-state index contributed by atoms with van der Waals surface area (Å²) in [7, 11) is 0. The van der Waals surface area contributed by atoms with Gasteiger partial charge in [-0.2, -0.15) is 15.4 Å². The van der Waals surface area contributed by atoms with Crippen LogP contribution in [-0.4, -0.2) is 62.7 Å². The molecule has 1 aliphatic rings. The third-order valence-corrected chi connectivity index (χ3v) is 2.61. The molecule has 1 aromatic rings. The van der Waals surface area contributed by atoms with Gasteiger partial charge in [0.2, 0.25) is 0 Å². The zero-order valence-corrected chi connectivity index (χ0v) is 9.88. The molecule has 1 unspecified atom stereocenters. The van der Waals surface area contributed by atoms with Crippen LogP contribution in [-0.2, 0) is 4.74 Å². The van der Waals surface area contributed by atoms with Crippen molar-refractivity contribution in [3.05, 3.63) is 11.9 Å². The standard InChI is InChI=1S/C10H16N4O3/c1-10(2)6-14(4-7(5-15)17-10)9(16)8-3-11-13-12-8/h3,7,15H,4-6H2,1-2H3,(H,11,12,13). The van der Waals surface area contributed by atoms with Crippen LogP contribution in [0.1, 0.15) is 24.3 Å². The van der Waals surface area contributed by atoms with Crippen molar-refractivity contribution in [1.29, 1.82) is 0 Å². The van der Waals surface area contributed by atoms with E-state index in [2.05, 4.69) is 15.4 Å². The predicted octanol–water partition coefficient (Wildman–Crippen LogP) is -0.583. The van der Waals surface area contributed by atoms with E-state index in [1.54, 1.807) is 4.90 Å². The smallest absolute Gasteiger partial charge is 0.276 e. The van der Waals surface area contributed by atoms with E-state index >= 15 is 0 Å². The van der Waals surface area contributed by atoms with E-state index in [0.29, 0.717) is 13.1 Å². The topological polar surface area (TPSA) is 91.3 Å². The summed E-state index contributed by atoms with van der Waals surface area (Å²) in [5, 5.41) is 18.9. The van der Waals surface area contributed by atoms with Gasteiger partial charge in [0.25, 0.3) is 5.91 Å². The molecule has 0 saturated carbocycles. The maximum atomic E-state index is 12.1. The molecule has 1 atom stereocenters. The second-order valence-corrected chi connectivity index (χ2v) is 4.72. The minimum Gasteiger partial charge on any atom is -0.394 e. The summed E-state index contributed by atoms with van der Waals surface area (Å²) < 4.78 is 5.63. The lowest BCUT2D eigenvalue weighted by atomic mass is 10.0. The van der Waals surface area contributed by atoms with Gasteiger partial charge >= 0.3 is 0 Å². The highest BCUT2D eigenvalue weighted by molar-refractivity contribution is 5.92. The summed E-state index contributed by atoms with van der Waals surface area (Å²) in [5.41, 5.74) is -0.190. The van der Waals surface area contributed by atoms with Crippen LogP contribution in [0.5, 0.6) is 0 Å². The van der Waals surface area contributed by atoms with Crippen LogP contribution in [0.3, 0.4) is 0 Å². The van der Waals surface area contributed by atoms with E-state index in [-0.39, 0.29) is 24.3 Å². The number of carbonyl (C=O) groups is 1. The zero-order valence-electron chi connectivity index (χ0n) is 9.88. The van der Waals surface area contributed by atoms with Gasteiger partial charge in [-0.1, -0.05) is 0 Å². The highest BCUT2D eigenvalue weighted by atomic mass is 16.5. The second-order valence-electron chi connectivity index (χ2n) is 4.72. The number of morpholine rings is 1. The molecule has 2 N–H and O–H groups in total. The molecule has 1 fully saturated rings. The number of hydrogen-bond acceptors (Lipinski definition) is 5. The molecule has 2 heterocycles. The van der Waals surface area contributed by atoms with Crippen LogP contribution in [0.15, 0.2) is 6.20 Å². The molecule has 1 saturated heterocycles. The largest absolute Gasteiger partial charge is 0.394 e. The summed E-state index contributed by atoms with van der Waals surface area (Å²) in [6.07, 6.45) is 1.04. The first-order valence-electron chi connectivity index (χ1n) is 5.45. The molecule has 0 aromatic carbocycles. The maximum absolute atomic E-state index is 12.1. The molecule has 7 nitrogen and oxygen atoms in total. The van der Waals surface area contributed by atoms with Crippen LogP contribution < -0.4 is 0 Å². The molecule has 1 aliphatic heterocycles. The van der Waals surface area contributed by atoms with Crippen LogP contribution >= 0.6 is 0 Å². The lowest BCUT2D eigenvalue weighted by Gasteiger charge is -2.41. The zero-order chi connectivity index (χ0) is 12.5. The fourth-order valence-electron chi connectivity index (χ4n) is 2.01. The van der Waals surface area contributed by atoms with Crippen molar-refractivity contribution in [2.45, 2.75) is 25.6 Å². The molecular formula is C10H16N4O3. The quantitative estimate of drug-likeness (QED) is 0.721. The number of aromatic amines is 1. The van der Waals surface area contributed by atoms with Gasteiger partial charge in [0.15, 0.2) is 5.69 Å². The Labute approximate surface area is 98.8 Å². The number of carbonyl (C=O) groups excluding carboxylic acids is 1. The minimum absolute atomic E-state index is 0.105. The molecule has 94 valence electrons. The molecular weight excluding hydrogens is 224 g/mol. The Balaban J connectivity index is 2.12. The number of aliphatic hydroxyl groups is 1. The average Bonchev–Trinajstić information content (AvgIpc) is 2.79. The van der Waals surface area contributed by atoms with Crippen molar-refractivity contribution in [1.82, 2.24) is 20.3 Å². The van der Waals surface area contributed by atoms with Crippen LogP contribution in [0.2, 0.25) is 0 Å².